The number of rotatable bonds is 7. The predicted molar refractivity (Wildman–Crippen MR) is 110 cm³/mol. The largest absolute Gasteiger partial charge is 0.462 e. The lowest BCUT2D eigenvalue weighted by Gasteiger charge is -2.08. The van der Waals surface area contributed by atoms with Crippen LogP contribution in [0.5, 0.6) is 0 Å². The lowest BCUT2D eigenvalue weighted by molar-refractivity contribution is -0.119. The van der Waals surface area contributed by atoms with E-state index in [1.54, 1.807) is 25.1 Å². The quantitative estimate of drug-likeness (QED) is 0.577. The molecule has 0 atom stereocenters. The van der Waals surface area contributed by atoms with Crippen LogP contribution in [-0.4, -0.2) is 31.1 Å². The molecule has 0 aliphatic rings. The van der Waals surface area contributed by atoms with Crippen molar-refractivity contribution in [1.82, 2.24) is 0 Å². The standard InChI is InChI=1S/C21H21NO6S/c1-4-14-12(3)29-19(18(14)21(25)26-5-2)22-17(23)11-27-20(24)16-10-13-8-6-7-9-15(13)28-16/h6-10H,4-5,11H2,1-3H3,(H,22,23). The van der Waals surface area contributed by atoms with E-state index in [9.17, 15) is 14.4 Å². The first-order valence-electron chi connectivity index (χ1n) is 9.19. The minimum atomic E-state index is -0.737. The van der Waals surface area contributed by atoms with Crippen LogP contribution in [0.25, 0.3) is 11.0 Å². The molecule has 3 aromatic rings. The Morgan fingerprint density at radius 2 is 1.86 bits per heavy atom. The van der Waals surface area contributed by atoms with Crippen LogP contribution in [0.4, 0.5) is 5.00 Å². The topological polar surface area (TPSA) is 94.8 Å². The number of carbonyl (C=O) groups is 3. The fraction of sp³-hybridized carbons (Fsp3) is 0.286. The minimum absolute atomic E-state index is 0.0199. The second-order valence-electron chi connectivity index (χ2n) is 6.19. The summed E-state index contributed by atoms with van der Waals surface area (Å²) in [6, 6.07) is 8.73. The monoisotopic (exact) mass is 415 g/mol. The number of anilines is 1. The van der Waals surface area contributed by atoms with Gasteiger partial charge in [0.15, 0.2) is 6.61 Å². The maximum atomic E-state index is 12.3. The van der Waals surface area contributed by atoms with Crippen LogP contribution >= 0.6 is 11.3 Å². The SMILES string of the molecule is CCOC(=O)c1c(NC(=O)COC(=O)c2cc3ccccc3o2)sc(C)c1CC. The number of fused-ring (bicyclic) bond motifs is 1. The molecule has 0 saturated heterocycles. The van der Waals surface area contributed by atoms with Crippen LogP contribution in [0.1, 0.15) is 45.2 Å². The van der Waals surface area contributed by atoms with Crippen molar-refractivity contribution in [2.75, 3.05) is 18.5 Å². The van der Waals surface area contributed by atoms with Gasteiger partial charge >= 0.3 is 11.9 Å². The van der Waals surface area contributed by atoms with E-state index in [-0.39, 0.29) is 12.4 Å². The third-order valence-corrected chi connectivity index (χ3v) is 5.32. The van der Waals surface area contributed by atoms with Crippen molar-refractivity contribution in [1.29, 1.82) is 0 Å². The Morgan fingerprint density at radius 3 is 2.55 bits per heavy atom. The van der Waals surface area contributed by atoms with E-state index < -0.39 is 24.5 Å². The lowest BCUT2D eigenvalue weighted by Crippen LogP contribution is -2.21. The Balaban J connectivity index is 1.67. The number of nitrogens with one attached hydrogen (secondary N) is 1. The molecular formula is C21H21NO6S. The smallest absolute Gasteiger partial charge is 0.374 e. The van der Waals surface area contributed by atoms with Crippen LogP contribution < -0.4 is 5.32 Å². The lowest BCUT2D eigenvalue weighted by atomic mass is 10.1. The molecule has 1 N–H and O–H groups in total. The van der Waals surface area contributed by atoms with Gasteiger partial charge < -0.3 is 19.2 Å². The predicted octanol–water partition coefficient (Wildman–Crippen LogP) is 4.34. The van der Waals surface area contributed by atoms with Gasteiger partial charge in [0.2, 0.25) is 5.76 Å². The van der Waals surface area contributed by atoms with Crippen molar-refractivity contribution in [2.24, 2.45) is 0 Å². The Labute approximate surface area is 171 Å². The highest BCUT2D eigenvalue weighted by Crippen LogP contribution is 2.34. The van der Waals surface area contributed by atoms with Gasteiger partial charge in [0, 0.05) is 10.3 Å². The molecular weight excluding hydrogens is 394 g/mol. The summed E-state index contributed by atoms with van der Waals surface area (Å²) < 4.78 is 15.6. The van der Waals surface area contributed by atoms with Gasteiger partial charge in [-0.1, -0.05) is 25.1 Å². The molecule has 0 aliphatic carbocycles. The molecule has 3 rings (SSSR count). The Morgan fingerprint density at radius 1 is 1.10 bits per heavy atom. The molecule has 0 fully saturated rings. The third kappa shape index (κ3) is 4.48. The number of ether oxygens (including phenoxy) is 2. The first kappa shape index (κ1) is 20.6. The van der Waals surface area contributed by atoms with E-state index in [1.807, 2.05) is 26.0 Å². The van der Waals surface area contributed by atoms with E-state index >= 15 is 0 Å². The van der Waals surface area contributed by atoms with E-state index in [0.717, 1.165) is 15.8 Å². The molecule has 2 aromatic heterocycles. The molecule has 0 spiro atoms. The summed E-state index contributed by atoms with van der Waals surface area (Å²) in [5.41, 5.74) is 1.75. The molecule has 1 amide bonds. The summed E-state index contributed by atoms with van der Waals surface area (Å²) in [5.74, 6) is -1.75. The van der Waals surface area contributed by atoms with Crippen molar-refractivity contribution in [3.05, 3.63) is 52.1 Å². The number of carbonyl (C=O) groups excluding carboxylic acids is 3. The molecule has 7 nitrogen and oxygen atoms in total. The summed E-state index contributed by atoms with van der Waals surface area (Å²) >= 11 is 1.29. The number of para-hydroxylation sites is 1. The van der Waals surface area contributed by atoms with Gasteiger partial charge in [0.05, 0.1) is 12.2 Å². The molecule has 0 saturated carbocycles. The van der Waals surface area contributed by atoms with E-state index in [2.05, 4.69) is 5.32 Å². The molecule has 8 heteroatoms. The highest BCUT2D eigenvalue weighted by Gasteiger charge is 2.24. The van der Waals surface area contributed by atoms with Crippen LogP contribution in [0, 0.1) is 6.92 Å². The first-order valence-corrected chi connectivity index (χ1v) is 10.0. The average Bonchev–Trinajstić information content (AvgIpc) is 3.26. The van der Waals surface area contributed by atoms with Gasteiger partial charge in [-0.05, 0) is 38.0 Å². The van der Waals surface area contributed by atoms with Crippen molar-refractivity contribution in [2.45, 2.75) is 27.2 Å². The Hall–Kier alpha value is -3.13. The van der Waals surface area contributed by atoms with Gasteiger partial charge in [-0.2, -0.15) is 0 Å². The number of aryl methyl sites for hydroxylation is 1. The third-order valence-electron chi connectivity index (χ3n) is 4.26. The summed E-state index contributed by atoms with van der Waals surface area (Å²) in [4.78, 5) is 37.7. The van der Waals surface area contributed by atoms with Crippen LogP contribution in [0.2, 0.25) is 0 Å². The zero-order valence-electron chi connectivity index (χ0n) is 16.4. The number of thiophene rings is 1. The molecule has 152 valence electrons. The summed E-state index contributed by atoms with van der Waals surface area (Å²) in [7, 11) is 0. The second-order valence-corrected chi connectivity index (χ2v) is 7.41. The molecule has 0 bridgehead atoms. The van der Waals surface area contributed by atoms with E-state index in [4.69, 9.17) is 13.9 Å². The highest BCUT2D eigenvalue weighted by molar-refractivity contribution is 7.16. The van der Waals surface area contributed by atoms with Crippen LogP contribution in [-0.2, 0) is 20.7 Å². The normalized spacial score (nSPS) is 10.7. The molecule has 1 aromatic carbocycles. The molecule has 0 unspecified atom stereocenters. The number of hydrogen-bond acceptors (Lipinski definition) is 7. The summed E-state index contributed by atoms with van der Waals surface area (Å²) in [6.45, 7) is 5.26. The van der Waals surface area contributed by atoms with Crippen LogP contribution in [0.3, 0.4) is 0 Å². The number of esters is 2. The van der Waals surface area contributed by atoms with Crippen molar-refractivity contribution in [3.63, 3.8) is 0 Å². The molecule has 2 heterocycles. The van der Waals surface area contributed by atoms with Gasteiger partial charge in [-0.15, -0.1) is 11.3 Å². The first-order chi connectivity index (χ1) is 13.9. The van der Waals surface area contributed by atoms with Gasteiger partial charge in [-0.3, -0.25) is 4.79 Å². The zero-order chi connectivity index (χ0) is 21.0. The number of benzene rings is 1. The fourth-order valence-corrected chi connectivity index (χ4v) is 4.11. The van der Waals surface area contributed by atoms with E-state index in [1.165, 1.54) is 11.3 Å². The second kappa shape index (κ2) is 8.91. The number of hydrogen-bond donors (Lipinski definition) is 1. The average molecular weight is 415 g/mol. The van der Waals surface area contributed by atoms with Crippen LogP contribution in [0.15, 0.2) is 34.7 Å². The van der Waals surface area contributed by atoms with Crippen molar-refractivity contribution in [3.8, 4) is 0 Å². The Kier molecular flexibility index (Phi) is 6.33. The molecule has 29 heavy (non-hydrogen) atoms. The van der Waals surface area contributed by atoms with Gasteiger partial charge in [0.25, 0.3) is 5.91 Å². The number of furan rings is 1. The maximum absolute atomic E-state index is 12.3. The maximum Gasteiger partial charge on any atom is 0.374 e. The minimum Gasteiger partial charge on any atom is -0.462 e. The van der Waals surface area contributed by atoms with Crippen molar-refractivity contribution >= 4 is 45.2 Å². The molecule has 0 aliphatic heterocycles. The fourth-order valence-electron chi connectivity index (χ4n) is 2.96. The van der Waals surface area contributed by atoms with Gasteiger partial charge in [0.1, 0.15) is 10.6 Å². The van der Waals surface area contributed by atoms with E-state index in [0.29, 0.717) is 22.6 Å². The summed E-state index contributed by atoms with van der Waals surface area (Å²) in [5, 5.41) is 3.81. The van der Waals surface area contributed by atoms with Crippen molar-refractivity contribution < 1.29 is 28.3 Å². The number of amides is 1. The highest BCUT2D eigenvalue weighted by atomic mass is 32.1. The Bertz CT molecular complexity index is 1030. The van der Waals surface area contributed by atoms with Gasteiger partial charge in [-0.25, -0.2) is 9.59 Å². The zero-order valence-corrected chi connectivity index (χ0v) is 17.2. The summed E-state index contributed by atoms with van der Waals surface area (Å²) in [6.07, 6.45) is 0.632. The molecule has 0 radical (unpaired) electrons.